The molecular weight excluding hydrogens is 1940 g/mol. The number of fused-ring (bicyclic) bond motifs is 2. The number of carboxylic acids is 1. The maximum Gasteiger partial charge on any atom is 0.305 e. The van der Waals surface area contributed by atoms with E-state index < -0.39 is 83.7 Å². The SMILES string of the molecule is C.C#CC#CC#CC.CC(C)(O)C#Cc1cccc(COc2cc(-c3cnc(C4CCN(C(=O)CCOCCOCCOCCOCCOc5cccc6c5C(=O)N(C5CCC(=O)NC5=O)C6=O)CC4)s3)cnc2N)c1.CC(C)(O)C#Cc1cccc(COc2cc(-c3cnc(C4CCNCC4)s3)cnc2N)c1.O=C(O)CCOCCOCCOCCOCCOc1cccc2c1C(=O)N(C1CCC(=O)NC1=O)C2=O.[2H]CF. The van der Waals surface area contributed by atoms with Crippen LogP contribution in [-0.2, 0) is 79.9 Å². The van der Waals surface area contributed by atoms with Crippen molar-refractivity contribution in [2.45, 2.75) is 155 Å². The van der Waals surface area contributed by atoms with Gasteiger partial charge < -0.3 is 93.8 Å². The second kappa shape index (κ2) is 60.8. The maximum absolute atomic E-state index is 13.2. The first-order valence-electron chi connectivity index (χ1n) is 48.0. The summed E-state index contributed by atoms with van der Waals surface area (Å²) < 4.78 is 82.6. The summed E-state index contributed by atoms with van der Waals surface area (Å²) in [5.41, 5.74) is 15.9. The fourth-order valence-corrected chi connectivity index (χ4v) is 17.2. The van der Waals surface area contributed by atoms with E-state index in [2.05, 4.69) is 84.2 Å². The number of nitrogens with one attached hydrogen (secondary N) is 3. The zero-order valence-electron chi connectivity index (χ0n) is 83.0. The molecule has 6 aliphatic heterocycles. The lowest BCUT2D eigenvalue weighted by Crippen LogP contribution is -2.54. The van der Waals surface area contributed by atoms with Crippen molar-refractivity contribution in [2.24, 2.45) is 0 Å². The molecule has 147 heavy (non-hydrogen) atoms. The predicted octanol–water partition coefficient (Wildman–Crippen LogP) is 9.96. The molecule has 10 heterocycles. The van der Waals surface area contributed by atoms with Crippen LogP contribution in [0.15, 0.2) is 122 Å². The number of hydrogen-bond donors (Lipinski definition) is 8. The number of carboxylic acid groups (broad SMARTS) is 1. The number of nitrogen functional groups attached to an aromatic ring is 2. The van der Waals surface area contributed by atoms with E-state index in [1.165, 1.54) is 17.1 Å². The van der Waals surface area contributed by atoms with E-state index in [1.807, 2.05) is 78.0 Å². The van der Waals surface area contributed by atoms with Crippen molar-refractivity contribution < 1.29 is 126 Å². The number of anilines is 2. The monoisotopic (exact) mass is 2060 g/mol. The van der Waals surface area contributed by atoms with Crippen LogP contribution in [0.4, 0.5) is 16.0 Å². The minimum absolute atomic E-state index is 0. The Morgan fingerprint density at radius 2 is 0.884 bits per heavy atom. The minimum Gasteiger partial charge on any atom is -0.490 e. The molecule has 40 heteroatoms. The largest absolute Gasteiger partial charge is 0.490 e. The van der Waals surface area contributed by atoms with Gasteiger partial charge >= 0.3 is 5.97 Å². The molecule has 4 fully saturated rings. The molecule has 14 rings (SSSR count). The van der Waals surface area contributed by atoms with Gasteiger partial charge in [-0.05, 0) is 182 Å². The number of pyridine rings is 2. The van der Waals surface area contributed by atoms with Crippen LogP contribution in [-0.4, -0.2) is 285 Å². The quantitative estimate of drug-likeness (QED) is 0.00999. The number of hydrogen-bond acceptors (Lipinski definition) is 33. The summed E-state index contributed by atoms with van der Waals surface area (Å²) >= 11 is 3.33. The number of aliphatic hydroxyl groups is 2. The van der Waals surface area contributed by atoms with Crippen molar-refractivity contribution in [3.63, 3.8) is 0 Å². The van der Waals surface area contributed by atoms with Gasteiger partial charge in [-0.15, -0.1) is 29.1 Å². The van der Waals surface area contributed by atoms with E-state index >= 15 is 0 Å². The Morgan fingerprint density at radius 1 is 0.497 bits per heavy atom. The number of aliphatic carboxylic acids is 1. The number of imide groups is 4. The topological polar surface area (TPSA) is 492 Å². The van der Waals surface area contributed by atoms with E-state index in [4.69, 9.17) is 86.2 Å². The number of carbonyl (C=O) groups is 10. The number of ether oxygens (including phenoxy) is 12. The lowest BCUT2D eigenvalue weighted by molar-refractivity contribution is -0.139. The van der Waals surface area contributed by atoms with E-state index in [9.17, 15) is 62.5 Å². The van der Waals surface area contributed by atoms with Crippen LogP contribution in [0.1, 0.15) is 193 Å². The highest BCUT2D eigenvalue weighted by Crippen LogP contribution is 2.41. The highest BCUT2D eigenvalue weighted by atomic mass is 32.1. The number of benzene rings is 4. The lowest BCUT2D eigenvalue weighted by Gasteiger charge is -2.31. The standard InChI is InChI=1S/C49H56N6O12S.C25H28N4O2S.C24H30N2O11.C7H4.CH3F.CH4/c1-49(2,61)15-11-32-5-3-6-33(27-32)31-67-39-28-35(29-51-44(39)50)40-30-52-46(68-40)34-12-16-54(17-13-34)42(57)14-18-62-19-20-63-21-22-64-23-24-65-25-26-66-38-8-4-7-36-43(38)48(60)55(47(36)59)37-9-10-41(56)53-45(37)58;1-25(2,30)9-6-17-4-3-5-18(12-17)16-31-21-13-20(14-28-23(21)26)22-15-29-24(32-22)19-7-10-27-11-8-19;27-19-5-4-17(22(30)25-19)26-23(31)16-2-1-3-18(21(16)24(26)32)37-15-14-36-13-12-35-11-10-34-9-8-33-7-6-20(28)29;1-3-5-7-6-4-2;1-2;/h3-8,27-30,34,37,61H,9-10,12-14,16-26,31H2,1-2H3,(H2,50,51)(H,53,56,58);3-5,12-15,19,27,30H,7-8,10-11,16H2,1-2H3,(H2,26,28);1-3,17H,4-15H2,(H,28,29)(H,25,27,30);1H,2H3;1H3;1H4/i;;;;1D;. The summed E-state index contributed by atoms with van der Waals surface area (Å²) in [5.74, 6) is 21.0. The van der Waals surface area contributed by atoms with Crippen LogP contribution < -0.4 is 46.4 Å². The molecule has 2 atom stereocenters. The van der Waals surface area contributed by atoms with Crippen LogP contribution in [0, 0.1) is 59.7 Å². The molecule has 0 aliphatic carbocycles. The smallest absolute Gasteiger partial charge is 0.305 e. The first-order chi connectivity index (χ1) is 70.9. The lowest BCUT2D eigenvalue weighted by atomic mass is 9.97. The van der Waals surface area contributed by atoms with E-state index in [1.54, 1.807) is 94.0 Å². The zero-order valence-corrected chi connectivity index (χ0v) is 83.6. The summed E-state index contributed by atoms with van der Waals surface area (Å²) in [4.78, 5) is 147. The van der Waals surface area contributed by atoms with Gasteiger partial charge in [-0.3, -0.25) is 72.8 Å². The van der Waals surface area contributed by atoms with E-state index in [0.29, 0.717) is 135 Å². The fourth-order valence-electron chi connectivity index (χ4n) is 15.1. The second-order valence-electron chi connectivity index (χ2n) is 34.1. The zero-order chi connectivity index (χ0) is 105. The van der Waals surface area contributed by atoms with Crippen LogP contribution in [0.5, 0.6) is 23.0 Å². The van der Waals surface area contributed by atoms with Crippen molar-refractivity contribution in [1.82, 2.24) is 50.6 Å². The minimum atomic E-state index is -1.08. The van der Waals surface area contributed by atoms with Gasteiger partial charge in [0.25, 0.3) is 23.6 Å². The Kier molecular flexibility index (Phi) is 47.6. The third kappa shape index (κ3) is 37.5. The van der Waals surface area contributed by atoms with Crippen LogP contribution in [0.3, 0.4) is 0 Å². The Hall–Kier alpha value is -14.0. The normalized spacial score (nSPS) is 15.4. The first-order valence-corrected chi connectivity index (χ1v) is 49.0. The number of thiazole rings is 2. The molecule has 0 spiro atoms. The molecule has 0 radical (unpaired) electrons. The molecule has 4 aromatic carbocycles. The Bertz CT molecular complexity index is 6140. The molecule has 9 amide bonds. The van der Waals surface area contributed by atoms with E-state index in [0.717, 1.165) is 96.7 Å². The predicted molar refractivity (Wildman–Crippen MR) is 545 cm³/mol. The molecule has 4 saturated heterocycles. The van der Waals surface area contributed by atoms with E-state index in [-0.39, 0.29) is 131 Å². The van der Waals surface area contributed by atoms with Gasteiger partial charge in [0.2, 0.25) is 29.5 Å². The molecule has 8 aromatic rings. The van der Waals surface area contributed by atoms with Crippen LogP contribution in [0.2, 0.25) is 0 Å². The molecule has 2 unspecified atom stereocenters. The number of aromatic nitrogens is 4. The summed E-state index contributed by atoms with van der Waals surface area (Å²) in [7, 11) is -1.00. The molecule has 6 aliphatic rings. The number of nitrogens with two attached hydrogens (primary N) is 2. The van der Waals surface area contributed by atoms with Crippen molar-refractivity contribution in [3.8, 4) is 104 Å². The van der Waals surface area contributed by atoms with Crippen molar-refractivity contribution >= 4 is 93.4 Å². The van der Waals surface area contributed by atoms with Gasteiger partial charge in [0.15, 0.2) is 23.1 Å². The van der Waals surface area contributed by atoms with Crippen LogP contribution in [0.25, 0.3) is 20.9 Å². The highest BCUT2D eigenvalue weighted by molar-refractivity contribution is 7.15. The van der Waals surface area contributed by atoms with Crippen LogP contribution >= 0.6 is 22.7 Å². The van der Waals surface area contributed by atoms with Gasteiger partial charge in [0, 0.05) is 84.8 Å². The summed E-state index contributed by atoms with van der Waals surface area (Å²) in [6.45, 7) is 17.6. The number of rotatable bonds is 44. The average molecular weight is 2060 g/mol. The number of nitrogens with zero attached hydrogens (tertiary/aromatic N) is 7. The second-order valence-corrected chi connectivity index (χ2v) is 36.3. The van der Waals surface area contributed by atoms with Gasteiger partial charge in [-0.1, -0.05) is 73.4 Å². The average Bonchev–Trinajstić information content (AvgIpc) is 1.60. The van der Waals surface area contributed by atoms with Gasteiger partial charge in [-0.2, -0.15) is 0 Å². The Balaban J connectivity index is 0.000000255. The first kappa shape index (κ1) is 115. The highest BCUT2D eigenvalue weighted by Gasteiger charge is 2.48. The van der Waals surface area contributed by atoms with Crippen molar-refractivity contribution in [2.75, 3.05) is 164 Å². The molecule has 4 aromatic heterocycles. The molecule has 0 saturated carbocycles. The Morgan fingerprint density at radius 3 is 1.27 bits per heavy atom. The number of terminal acetylenes is 1. The third-order valence-electron chi connectivity index (χ3n) is 22.2. The van der Waals surface area contributed by atoms with Gasteiger partial charge in [0.05, 0.1) is 169 Å². The van der Waals surface area contributed by atoms with Gasteiger partial charge in [-0.25, -0.2) is 19.9 Å². The number of amides is 9. The molecule has 10 N–H and O–H groups in total. The Labute approximate surface area is 863 Å². The molecule has 0 bridgehead atoms. The number of carbonyl (C=O) groups excluding carboxylic acids is 9. The van der Waals surface area contributed by atoms with Gasteiger partial charge in [0.1, 0.15) is 61.2 Å². The molecule has 782 valence electrons. The van der Waals surface area contributed by atoms with Crippen molar-refractivity contribution in [3.05, 3.63) is 176 Å². The summed E-state index contributed by atoms with van der Waals surface area (Å²) in [6.07, 6.45) is 16.4. The number of likely N-dealkylation sites (tertiary alicyclic amines) is 1. The fraction of sp³-hybridized carbons (Fsp3) is 0.439. The van der Waals surface area contributed by atoms with Crippen molar-refractivity contribution in [1.29, 1.82) is 0 Å². The number of alkyl halides is 1. The number of piperidine rings is 4. The number of halogens is 1. The third-order valence-corrected chi connectivity index (χ3v) is 24.7. The summed E-state index contributed by atoms with van der Waals surface area (Å²) in [5, 5.41) is 38.2. The maximum atomic E-state index is 13.2. The molecule has 37 nitrogen and oxygen atoms in total. The summed E-state index contributed by atoms with van der Waals surface area (Å²) in [6, 6.07) is 26.4. The molecular formula is C107H125FN12O25S2.